The number of benzene rings is 1. The highest BCUT2D eigenvalue weighted by molar-refractivity contribution is 7.19. The van der Waals surface area contributed by atoms with Crippen molar-refractivity contribution in [2.45, 2.75) is 25.8 Å². The average molecular weight is 422 g/mol. The molecule has 10 nitrogen and oxygen atoms in total. The van der Waals surface area contributed by atoms with E-state index < -0.39 is 48.6 Å². The monoisotopic (exact) mass is 422 g/mol. The van der Waals surface area contributed by atoms with E-state index in [1.165, 1.54) is 17.4 Å². The molecule has 0 unspecified atom stereocenters. The van der Waals surface area contributed by atoms with E-state index in [0.29, 0.717) is 21.4 Å². The maximum Gasteiger partial charge on any atom is 0.326 e. The molecular formula is C18H18N2O8S. The Labute approximate surface area is 168 Å². The number of nitrogens with one attached hydrogen (secondary N) is 1. The Bertz CT molecular complexity index is 997. The fourth-order valence-electron chi connectivity index (χ4n) is 2.65. The highest BCUT2D eigenvalue weighted by Gasteiger charge is 2.26. The Hall–Kier alpha value is -3.47. The number of Topliss-reactive ketones (excluding diaryl/α,β-unsaturated/α-hetero) is 1. The molecule has 0 bridgehead atoms. The van der Waals surface area contributed by atoms with Gasteiger partial charge in [0, 0.05) is 15.0 Å². The third-order valence-corrected chi connectivity index (χ3v) is 5.19. The van der Waals surface area contributed by atoms with Crippen molar-refractivity contribution < 1.29 is 38.9 Å². The van der Waals surface area contributed by atoms with E-state index in [2.05, 4.69) is 5.32 Å². The Morgan fingerprint density at radius 2 is 1.90 bits per heavy atom. The molecule has 0 aliphatic rings. The van der Waals surface area contributed by atoms with Crippen molar-refractivity contribution in [3.05, 3.63) is 28.6 Å². The standard InChI is InChI=1S/C18H18N2O8S/c1-2-10-15(16(24)17(19)25)14-9(4-3-5-11(14)29-10)28-7-12(21)20-8(18(26)27)6-13(22)23/h3-5,8H,2,6-7H2,1H3,(H2,19,25)(H,20,21)(H,22,23)(H,26,27)/t8-/m1/s1. The van der Waals surface area contributed by atoms with Gasteiger partial charge in [0.15, 0.2) is 6.61 Å². The Balaban J connectivity index is 2.28. The minimum Gasteiger partial charge on any atom is -0.483 e. The molecule has 0 fully saturated rings. The quantitative estimate of drug-likeness (QED) is 0.317. The van der Waals surface area contributed by atoms with E-state index in [1.807, 2.05) is 6.92 Å². The van der Waals surface area contributed by atoms with Crippen LogP contribution >= 0.6 is 11.3 Å². The first-order chi connectivity index (χ1) is 13.6. The van der Waals surface area contributed by atoms with Crippen LogP contribution in [-0.4, -0.2) is 52.4 Å². The summed E-state index contributed by atoms with van der Waals surface area (Å²) >= 11 is 1.29. The molecule has 1 heterocycles. The Kier molecular flexibility index (Phi) is 6.89. The van der Waals surface area contributed by atoms with Crippen LogP contribution in [0, 0.1) is 0 Å². The predicted molar refractivity (Wildman–Crippen MR) is 102 cm³/mol. The molecule has 0 spiro atoms. The van der Waals surface area contributed by atoms with Gasteiger partial charge in [0.05, 0.1) is 12.0 Å². The molecule has 0 aliphatic heterocycles. The second kappa shape index (κ2) is 9.15. The van der Waals surface area contributed by atoms with Crippen molar-refractivity contribution in [3.8, 4) is 5.75 Å². The van der Waals surface area contributed by atoms with E-state index in [0.717, 1.165) is 0 Å². The van der Waals surface area contributed by atoms with Crippen molar-refractivity contribution in [2.24, 2.45) is 5.73 Å². The zero-order valence-electron chi connectivity index (χ0n) is 15.3. The van der Waals surface area contributed by atoms with Gasteiger partial charge in [0.1, 0.15) is 11.8 Å². The molecule has 11 heteroatoms. The number of primary amides is 1. The van der Waals surface area contributed by atoms with Gasteiger partial charge in [-0.25, -0.2) is 4.79 Å². The van der Waals surface area contributed by atoms with Gasteiger partial charge in [-0.2, -0.15) is 0 Å². The average Bonchev–Trinajstić information content (AvgIpc) is 3.03. The van der Waals surface area contributed by atoms with E-state index >= 15 is 0 Å². The van der Waals surface area contributed by atoms with Crippen LogP contribution < -0.4 is 15.8 Å². The normalized spacial score (nSPS) is 11.6. The molecule has 1 atom stereocenters. The number of carboxylic acid groups (broad SMARTS) is 2. The molecule has 0 saturated heterocycles. The maximum atomic E-state index is 12.3. The van der Waals surface area contributed by atoms with Crippen LogP contribution in [0.1, 0.15) is 28.6 Å². The van der Waals surface area contributed by atoms with Gasteiger partial charge in [-0.05, 0) is 18.6 Å². The molecule has 1 aromatic carbocycles. The molecule has 2 aromatic rings. The lowest BCUT2D eigenvalue weighted by Gasteiger charge is -2.13. The third-order valence-electron chi connectivity index (χ3n) is 3.89. The van der Waals surface area contributed by atoms with Gasteiger partial charge in [0.25, 0.3) is 17.6 Å². The zero-order valence-corrected chi connectivity index (χ0v) is 16.1. The lowest BCUT2D eigenvalue weighted by molar-refractivity contribution is -0.147. The van der Waals surface area contributed by atoms with Crippen molar-refractivity contribution in [1.29, 1.82) is 0 Å². The highest BCUT2D eigenvalue weighted by Crippen LogP contribution is 2.38. The summed E-state index contributed by atoms with van der Waals surface area (Å²) in [4.78, 5) is 58.1. The van der Waals surface area contributed by atoms with E-state index in [4.69, 9.17) is 20.7 Å². The third kappa shape index (κ3) is 5.08. The lowest BCUT2D eigenvalue weighted by Crippen LogP contribution is -2.44. The van der Waals surface area contributed by atoms with Crippen LogP contribution in [0.25, 0.3) is 10.1 Å². The number of aryl methyl sites for hydroxylation is 1. The second-order valence-corrected chi connectivity index (χ2v) is 7.06. The number of ketones is 1. The Morgan fingerprint density at radius 1 is 1.21 bits per heavy atom. The molecule has 154 valence electrons. The summed E-state index contributed by atoms with van der Waals surface area (Å²) < 4.78 is 6.10. The number of carbonyl (C=O) groups is 5. The smallest absolute Gasteiger partial charge is 0.326 e. The van der Waals surface area contributed by atoms with Gasteiger partial charge >= 0.3 is 11.9 Å². The number of aliphatic carboxylic acids is 2. The van der Waals surface area contributed by atoms with E-state index in [9.17, 15) is 24.0 Å². The largest absolute Gasteiger partial charge is 0.483 e. The van der Waals surface area contributed by atoms with Crippen LogP contribution in [0.3, 0.4) is 0 Å². The number of carbonyl (C=O) groups excluding carboxylic acids is 3. The van der Waals surface area contributed by atoms with Crippen LogP contribution in [0.15, 0.2) is 18.2 Å². The van der Waals surface area contributed by atoms with Gasteiger partial charge in [0.2, 0.25) is 0 Å². The minimum absolute atomic E-state index is 0.116. The number of hydrogen-bond acceptors (Lipinski definition) is 7. The molecule has 1 aromatic heterocycles. The fourth-order valence-corrected chi connectivity index (χ4v) is 3.81. The highest BCUT2D eigenvalue weighted by atomic mass is 32.1. The number of thiophene rings is 1. The van der Waals surface area contributed by atoms with Crippen LogP contribution in [0.5, 0.6) is 5.75 Å². The summed E-state index contributed by atoms with van der Waals surface area (Å²) in [5, 5.41) is 20.1. The van der Waals surface area contributed by atoms with Gasteiger partial charge < -0.3 is 26.0 Å². The number of amides is 2. The summed E-state index contributed by atoms with van der Waals surface area (Å²) in [6, 6.07) is 3.23. The number of nitrogens with two attached hydrogens (primary N) is 1. The van der Waals surface area contributed by atoms with Gasteiger partial charge in [-0.3, -0.25) is 19.2 Å². The van der Waals surface area contributed by atoms with E-state index in [1.54, 1.807) is 12.1 Å². The second-order valence-electron chi connectivity index (χ2n) is 5.92. The first kappa shape index (κ1) is 21.8. The number of rotatable bonds is 10. The SMILES string of the molecule is CCc1sc2cccc(OCC(=O)N[C@H](CC(=O)O)C(=O)O)c2c1C(=O)C(N)=O. The molecule has 0 radical (unpaired) electrons. The topological polar surface area (TPSA) is 173 Å². The summed E-state index contributed by atoms with van der Waals surface area (Å²) in [6.45, 7) is 1.19. The molecule has 2 amide bonds. The predicted octanol–water partition coefficient (Wildman–Crippen LogP) is 0.555. The number of hydrogen-bond donors (Lipinski definition) is 4. The molecule has 0 saturated carbocycles. The summed E-state index contributed by atoms with van der Waals surface area (Å²) in [5.41, 5.74) is 5.26. The first-order valence-electron chi connectivity index (χ1n) is 8.40. The van der Waals surface area contributed by atoms with Gasteiger partial charge in [-0.15, -0.1) is 11.3 Å². The maximum absolute atomic E-state index is 12.3. The number of fused-ring (bicyclic) bond motifs is 1. The molecule has 29 heavy (non-hydrogen) atoms. The zero-order chi connectivity index (χ0) is 21.7. The van der Waals surface area contributed by atoms with Crippen molar-refractivity contribution in [3.63, 3.8) is 0 Å². The first-order valence-corrected chi connectivity index (χ1v) is 9.22. The van der Waals surface area contributed by atoms with Crippen molar-refractivity contribution in [1.82, 2.24) is 5.32 Å². The van der Waals surface area contributed by atoms with Gasteiger partial charge in [-0.1, -0.05) is 13.0 Å². The fraction of sp³-hybridized carbons (Fsp3) is 0.278. The summed E-state index contributed by atoms with van der Waals surface area (Å²) in [6.07, 6.45) is -0.318. The molecule has 2 rings (SSSR count). The van der Waals surface area contributed by atoms with Crippen LogP contribution in [0.4, 0.5) is 0 Å². The van der Waals surface area contributed by atoms with E-state index in [-0.39, 0.29) is 11.3 Å². The Morgan fingerprint density at radius 3 is 2.45 bits per heavy atom. The van der Waals surface area contributed by atoms with Crippen molar-refractivity contribution in [2.75, 3.05) is 6.61 Å². The van der Waals surface area contributed by atoms with Crippen LogP contribution in [0.2, 0.25) is 0 Å². The van der Waals surface area contributed by atoms with Crippen molar-refractivity contribution >= 4 is 51.0 Å². The van der Waals surface area contributed by atoms with Crippen LogP contribution in [-0.2, 0) is 25.6 Å². The molecular weight excluding hydrogens is 404 g/mol. The number of ether oxygens (including phenoxy) is 1. The molecule has 5 N–H and O–H groups in total. The molecule has 0 aliphatic carbocycles. The number of carboxylic acids is 2. The summed E-state index contributed by atoms with van der Waals surface area (Å²) in [7, 11) is 0. The minimum atomic E-state index is -1.61. The lowest BCUT2D eigenvalue weighted by atomic mass is 10.0. The summed E-state index contributed by atoms with van der Waals surface area (Å²) in [5.74, 6) is -5.59.